The minimum atomic E-state index is -1.22. The summed E-state index contributed by atoms with van der Waals surface area (Å²) in [5, 5.41) is 0. The minimum Gasteiger partial charge on any atom is -0.463 e. The summed E-state index contributed by atoms with van der Waals surface area (Å²) < 4.78 is 33.1. The molecule has 1 aliphatic heterocycles. The monoisotopic (exact) mass is 600 g/mol. The molecule has 5 atom stereocenters. The lowest BCUT2D eigenvalue weighted by Crippen LogP contribution is -2.63. The summed E-state index contributed by atoms with van der Waals surface area (Å²) in [6, 6.07) is 0. The summed E-state index contributed by atoms with van der Waals surface area (Å²) in [5.74, 6) is -2.29. The second-order valence-corrected chi connectivity index (χ2v) is 11.0. The summed E-state index contributed by atoms with van der Waals surface area (Å²) in [4.78, 5) is 58.0. The topological polar surface area (TPSA) is 141 Å². The van der Waals surface area contributed by atoms with Crippen molar-refractivity contribution in [3.63, 3.8) is 0 Å². The lowest BCUT2D eigenvalue weighted by Gasteiger charge is -2.44. The highest BCUT2D eigenvalue weighted by Gasteiger charge is 2.52. The van der Waals surface area contributed by atoms with E-state index in [4.69, 9.17) is 28.4 Å². The molecule has 0 amide bonds. The number of hydrogen-bond acceptors (Lipinski definition) is 11. The molecule has 0 aliphatic carbocycles. The van der Waals surface area contributed by atoms with Crippen LogP contribution in [0.1, 0.15) is 125 Å². The Kier molecular flexibility index (Phi) is 19.7. The van der Waals surface area contributed by atoms with E-state index in [9.17, 15) is 24.0 Å². The minimum absolute atomic E-state index is 0.279. The van der Waals surface area contributed by atoms with Crippen molar-refractivity contribution in [1.29, 1.82) is 0 Å². The Morgan fingerprint density at radius 1 is 0.524 bits per heavy atom. The van der Waals surface area contributed by atoms with Crippen molar-refractivity contribution < 1.29 is 52.4 Å². The van der Waals surface area contributed by atoms with Gasteiger partial charge in [0.15, 0.2) is 24.6 Å². The van der Waals surface area contributed by atoms with Crippen LogP contribution in [0.25, 0.3) is 0 Å². The molecule has 0 saturated carbocycles. The van der Waals surface area contributed by atoms with Crippen LogP contribution in [0.15, 0.2) is 0 Å². The fourth-order valence-electron chi connectivity index (χ4n) is 4.94. The molecule has 0 spiro atoms. The number of ketones is 1. The van der Waals surface area contributed by atoms with Crippen molar-refractivity contribution in [2.45, 2.75) is 155 Å². The Morgan fingerprint density at radius 2 is 0.952 bits per heavy atom. The SMILES string of the molecule is CC(=O)CCCCCCCCCCCCCCCO[C@H]1O[C@H](COC(C)=O)[C@@H](OC(C)=O)[C@H](OC(C)=O)[C@H]1OC(C)=O. The normalized spacial score (nSPS) is 21.8. The average Bonchev–Trinajstić information content (AvgIpc) is 2.89. The molecule has 11 nitrogen and oxygen atoms in total. The van der Waals surface area contributed by atoms with E-state index in [1.807, 2.05) is 0 Å². The number of esters is 4. The molecule has 0 bridgehead atoms. The van der Waals surface area contributed by atoms with E-state index in [1.165, 1.54) is 72.6 Å². The summed E-state index contributed by atoms with van der Waals surface area (Å²) >= 11 is 0. The molecular formula is C31H52O11. The van der Waals surface area contributed by atoms with Gasteiger partial charge in [0.2, 0.25) is 0 Å². The Morgan fingerprint density at radius 3 is 1.40 bits per heavy atom. The molecule has 0 radical (unpaired) electrons. The fraction of sp³-hybridized carbons (Fsp3) is 0.839. The molecule has 0 N–H and O–H groups in total. The Bertz CT molecular complexity index is 828. The van der Waals surface area contributed by atoms with Crippen LogP contribution < -0.4 is 0 Å². The van der Waals surface area contributed by atoms with E-state index in [0.717, 1.165) is 38.5 Å². The molecule has 242 valence electrons. The lowest BCUT2D eigenvalue weighted by atomic mass is 9.98. The smallest absolute Gasteiger partial charge is 0.303 e. The van der Waals surface area contributed by atoms with Crippen LogP contribution in [0.3, 0.4) is 0 Å². The molecule has 1 fully saturated rings. The van der Waals surface area contributed by atoms with Gasteiger partial charge in [-0.05, 0) is 19.8 Å². The van der Waals surface area contributed by atoms with Crippen LogP contribution in [0.4, 0.5) is 0 Å². The van der Waals surface area contributed by atoms with Gasteiger partial charge in [-0.15, -0.1) is 0 Å². The Labute approximate surface area is 250 Å². The van der Waals surface area contributed by atoms with Gasteiger partial charge < -0.3 is 33.2 Å². The van der Waals surface area contributed by atoms with Crippen molar-refractivity contribution in [2.75, 3.05) is 13.2 Å². The first-order chi connectivity index (χ1) is 20.0. The first-order valence-corrected chi connectivity index (χ1v) is 15.4. The van der Waals surface area contributed by atoms with Gasteiger partial charge in [-0.1, -0.05) is 70.6 Å². The Hall–Kier alpha value is -2.53. The molecule has 11 heteroatoms. The highest BCUT2D eigenvalue weighted by Crippen LogP contribution is 2.30. The molecule has 0 unspecified atom stereocenters. The van der Waals surface area contributed by atoms with Crippen molar-refractivity contribution >= 4 is 29.7 Å². The van der Waals surface area contributed by atoms with E-state index in [2.05, 4.69) is 0 Å². The van der Waals surface area contributed by atoms with Gasteiger partial charge in [0.1, 0.15) is 18.5 Å². The average molecular weight is 601 g/mol. The number of carbonyl (C=O) groups excluding carboxylic acids is 5. The van der Waals surface area contributed by atoms with Gasteiger partial charge >= 0.3 is 23.9 Å². The third kappa shape index (κ3) is 17.4. The van der Waals surface area contributed by atoms with Gasteiger partial charge in [0.05, 0.1) is 0 Å². The number of rotatable bonds is 22. The number of carbonyl (C=O) groups is 5. The van der Waals surface area contributed by atoms with E-state index in [0.29, 0.717) is 13.0 Å². The largest absolute Gasteiger partial charge is 0.463 e. The maximum absolute atomic E-state index is 11.9. The Balaban J connectivity index is 2.47. The van der Waals surface area contributed by atoms with Crippen LogP contribution in [-0.4, -0.2) is 73.6 Å². The molecule has 0 aromatic heterocycles. The van der Waals surface area contributed by atoms with E-state index >= 15 is 0 Å². The van der Waals surface area contributed by atoms with Crippen molar-refractivity contribution in [2.24, 2.45) is 0 Å². The van der Waals surface area contributed by atoms with E-state index in [-0.39, 0.29) is 12.4 Å². The van der Waals surface area contributed by atoms with Crippen molar-refractivity contribution in [1.82, 2.24) is 0 Å². The molecule has 1 aliphatic rings. The molecular weight excluding hydrogens is 548 g/mol. The van der Waals surface area contributed by atoms with E-state index < -0.39 is 54.6 Å². The molecule has 1 heterocycles. The quantitative estimate of drug-likeness (QED) is 0.0927. The van der Waals surface area contributed by atoms with Crippen molar-refractivity contribution in [3.8, 4) is 0 Å². The van der Waals surface area contributed by atoms with Crippen LogP contribution in [0.5, 0.6) is 0 Å². The summed E-state index contributed by atoms with van der Waals surface area (Å²) in [5.41, 5.74) is 0. The lowest BCUT2D eigenvalue weighted by molar-refractivity contribution is -0.308. The molecule has 0 aromatic carbocycles. The highest BCUT2D eigenvalue weighted by atomic mass is 16.7. The second kappa shape index (κ2) is 22.1. The summed E-state index contributed by atoms with van der Waals surface area (Å²) in [6.07, 6.45) is 9.71. The number of Topliss-reactive ketones (excluding diaryl/α,β-unsaturated/α-hetero) is 1. The van der Waals surface area contributed by atoms with Gasteiger partial charge in [0, 0.05) is 40.7 Å². The molecule has 0 aromatic rings. The summed E-state index contributed by atoms with van der Waals surface area (Å²) in [7, 11) is 0. The first kappa shape index (κ1) is 37.5. The highest BCUT2D eigenvalue weighted by molar-refractivity contribution is 5.75. The van der Waals surface area contributed by atoms with Gasteiger partial charge in [-0.25, -0.2) is 0 Å². The number of hydrogen-bond donors (Lipinski definition) is 0. The molecule has 1 saturated heterocycles. The van der Waals surface area contributed by atoms with Crippen molar-refractivity contribution in [3.05, 3.63) is 0 Å². The van der Waals surface area contributed by atoms with Gasteiger partial charge in [-0.2, -0.15) is 0 Å². The fourth-order valence-corrected chi connectivity index (χ4v) is 4.94. The zero-order valence-electron chi connectivity index (χ0n) is 26.2. The predicted molar refractivity (Wildman–Crippen MR) is 153 cm³/mol. The predicted octanol–water partition coefficient (Wildman–Crippen LogP) is 5.14. The van der Waals surface area contributed by atoms with Crippen LogP contribution in [0, 0.1) is 0 Å². The van der Waals surface area contributed by atoms with Gasteiger partial charge in [-0.3, -0.25) is 19.2 Å². The third-order valence-electron chi connectivity index (χ3n) is 6.90. The molecule has 42 heavy (non-hydrogen) atoms. The zero-order valence-corrected chi connectivity index (χ0v) is 26.2. The molecule has 1 rings (SSSR count). The first-order valence-electron chi connectivity index (χ1n) is 15.4. The van der Waals surface area contributed by atoms with E-state index in [1.54, 1.807) is 6.92 Å². The maximum atomic E-state index is 11.9. The van der Waals surface area contributed by atoms with Crippen LogP contribution >= 0.6 is 0 Å². The third-order valence-corrected chi connectivity index (χ3v) is 6.90. The standard InChI is InChI=1S/C31H52O11/c1-22(32)19-17-15-13-11-9-7-6-8-10-12-14-16-18-20-37-31-30(41-26(5)36)29(40-25(4)35)28(39-24(3)34)27(42-31)21-38-23(2)33/h27-31H,6-21H2,1-5H3/t27-,28-,29+,30-,31+/m1/s1. The number of unbranched alkanes of at least 4 members (excludes halogenated alkanes) is 12. The maximum Gasteiger partial charge on any atom is 0.303 e. The van der Waals surface area contributed by atoms with Crippen LogP contribution in [0.2, 0.25) is 0 Å². The second-order valence-electron chi connectivity index (χ2n) is 11.0. The van der Waals surface area contributed by atoms with Crippen LogP contribution in [-0.2, 0) is 52.4 Å². The zero-order chi connectivity index (χ0) is 31.3. The summed E-state index contributed by atoms with van der Waals surface area (Å²) in [6.45, 7) is 6.47. The number of ether oxygens (including phenoxy) is 6. The van der Waals surface area contributed by atoms with Gasteiger partial charge in [0.25, 0.3) is 0 Å².